The fraction of sp³-hybridized carbons (Fsp3) is 0.400. The predicted molar refractivity (Wildman–Crippen MR) is 67.2 cm³/mol. The molecule has 0 bridgehead atoms. The number of aromatic nitrogens is 3. The normalized spacial score (nSPS) is 10.8. The van der Waals surface area contributed by atoms with E-state index in [9.17, 15) is 0 Å². The first-order valence-corrected chi connectivity index (χ1v) is 5.57. The maximum Gasteiger partial charge on any atom is 0.180 e. The van der Waals surface area contributed by atoms with E-state index in [2.05, 4.69) is 15.4 Å². The van der Waals surface area contributed by atoms with Crippen molar-refractivity contribution in [3.63, 3.8) is 0 Å². The highest BCUT2D eigenvalue weighted by atomic mass is 16.3. The van der Waals surface area contributed by atoms with Crippen molar-refractivity contribution in [1.29, 1.82) is 0 Å². The zero-order chi connectivity index (χ0) is 13.0. The third-order valence-electron chi connectivity index (χ3n) is 2.54. The van der Waals surface area contributed by atoms with Crippen molar-refractivity contribution in [1.82, 2.24) is 14.4 Å². The molecule has 0 aliphatic heterocycles. The number of anilines is 2. The molecule has 18 heavy (non-hydrogen) atoms. The van der Waals surface area contributed by atoms with E-state index in [1.54, 1.807) is 27.9 Å². The molecule has 2 heterocycles. The maximum absolute atomic E-state index is 9.06. The molecule has 98 valence electrons. The first-order chi connectivity index (χ1) is 8.80. The molecule has 0 saturated carbocycles. The van der Waals surface area contributed by atoms with E-state index >= 15 is 0 Å². The molecule has 0 aliphatic rings. The standard InChI is InChI=1S/C10H16N6O2/c11-14-8-7-16-2-1-12-9(16)10(13-8)15(3-5-17)4-6-18/h1-2,7,14,17-18H,3-6,11H2. The summed E-state index contributed by atoms with van der Waals surface area (Å²) in [5.74, 6) is 6.41. The minimum atomic E-state index is -0.0329. The Morgan fingerprint density at radius 1 is 1.33 bits per heavy atom. The average Bonchev–Trinajstić information content (AvgIpc) is 2.85. The van der Waals surface area contributed by atoms with Crippen molar-refractivity contribution in [2.24, 2.45) is 5.84 Å². The smallest absolute Gasteiger partial charge is 0.180 e. The number of nitrogen functional groups attached to an aromatic ring is 1. The lowest BCUT2D eigenvalue weighted by Crippen LogP contribution is -2.31. The summed E-state index contributed by atoms with van der Waals surface area (Å²) in [6.07, 6.45) is 5.14. The zero-order valence-electron chi connectivity index (χ0n) is 9.82. The van der Waals surface area contributed by atoms with Crippen molar-refractivity contribution < 1.29 is 10.2 Å². The van der Waals surface area contributed by atoms with Crippen molar-refractivity contribution in [2.75, 3.05) is 36.6 Å². The molecule has 8 heteroatoms. The van der Waals surface area contributed by atoms with Crippen molar-refractivity contribution >= 4 is 17.3 Å². The minimum absolute atomic E-state index is 0.0329. The molecule has 0 fully saturated rings. The molecule has 8 nitrogen and oxygen atoms in total. The summed E-state index contributed by atoms with van der Waals surface area (Å²) in [6.45, 7) is 0.665. The summed E-state index contributed by atoms with van der Waals surface area (Å²) in [5, 5.41) is 18.1. The number of aliphatic hydroxyl groups excluding tert-OH is 2. The van der Waals surface area contributed by atoms with Crippen LogP contribution in [-0.4, -0.2) is 50.9 Å². The number of imidazole rings is 1. The fourth-order valence-electron chi connectivity index (χ4n) is 1.76. The first kappa shape index (κ1) is 12.6. The number of hydrazine groups is 1. The van der Waals surface area contributed by atoms with Gasteiger partial charge in [0.25, 0.3) is 0 Å². The summed E-state index contributed by atoms with van der Waals surface area (Å²) in [5.41, 5.74) is 3.13. The molecule has 5 N–H and O–H groups in total. The molecule has 0 radical (unpaired) electrons. The second kappa shape index (κ2) is 5.63. The van der Waals surface area contributed by atoms with Crippen LogP contribution in [0.25, 0.3) is 5.65 Å². The number of nitrogens with one attached hydrogen (secondary N) is 1. The number of aliphatic hydroxyl groups is 2. The van der Waals surface area contributed by atoms with Crippen molar-refractivity contribution in [2.45, 2.75) is 0 Å². The van der Waals surface area contributed by atoms with Gasteiger partial charge in [-0.3, -0.25) is 0 Å². The van der Waals surface area contributed by atoms with Crippen LogP contribution in [-0.2, 0) is 0 Å². The van der Waals surface area contributed by atoms with Crippen LogP contribution in [0.3, 0.4) is 0 Å². The van der Waals surface area contributed by atoms with Crippen LogP contribution in [0.5, 0.6) is 0 Å². The molecule has 0 aliphatic carbocycles. The van der Waals surface area contributed by atoms with E-state index in [0.29, 0.717) is 30.4 Å². The van der Waals surface area contributed by atoms with Crippen LogP contribution >= 0.6 is 0 Å². The largest absolute Gasteiger partial charge is 0.395 e. The van der Waals surface area contributed by atoms with Gasteiger partial charge in [0.1, 0.15) is 0 Å². The predicted octanol–water partition coefficient (Wildman–Crippen LogP) is -1.19. The van der Waals surface area contributed by atoms with Gasteiger partial charge in [-0.2, -0.15) is 0 Å². The molecular weight excluding hydrogens is 236 g/mol. The Morgan fingerprint density at radius 2 is 2.06 bits per heavy atom. The summed E-state index contributed by atoms with van der Waals surface area (Å²) < 4.78 is 1.78. The van der Waals surface area contributed by atoms with E-state index in [4.69, 9.17) is 16.1 Å². The molecule has 0 atom stereocenters. The molecule has 0 aromatic carbocycles. The monoisotopic (exact) mass is 252 g/mol. The number of hydrogen-bond donors (Lipinski definition) is 4. The SMILES string of the molecule is NNc1cn2ccnc2c(N(CCO)CCO)n1. The van der Waals surface area contributed by atoms with Gasteiger partial charge in [0.05, 0.1) is 19.4 Å². The Kier molecular flexibility index (Phi) is 3.92. The third-order valence-corrected chi connectivity index (χ3v) is 2.54. The molecule has 0 unspecified atom stereocenters. The highest BCUT2D eigenvalue weighted by molar-refractivity contribution is 5.66. The molecule has 0 spiro atoms. The minimum Gasteiger partial charge on any atom is -0.395 e. The van der Waals surface area contributed by atoms with Gasteiger partial charge in [0.2, 0.25) is 0 Å². The van der Waals surface area contributed by atoms with Crippen LogP contribution in [0.15, 0.2) is 18.6 Å². The van der Waals surface area contributed by atoms with E-state index < -0.39 is 0 Å². The molecule has 0 saturated heterocycles. The van der Waals surface area contributed by atoms with E-state index in [0.717, 1.165) is 0 Å². The number of nitrogens with two attached hydrogens (primary N) is 1. The third kappa shape index (κ3) is 2.35. The van der Waals surface area contributed by atoms with Crippen LogP contribution in [0, 0.1) is 0 Å². The number of hydrogen-bond acceptors (Lipinski definition) is 7. The van der Waals surface area contributed by atoms with Gasteiger partial charge in [-0.25, -0.2) is 15.8 Å². The Balaban J connectivity index is 2.48. The molecule has 2 rings (SSSR count). The topological polar surface area (TPSA) is 112 Å². The second-order valence-corrected chi connectivity index (χ2v) is 3.69. The van der Waals surface area contributed by atoms with E-state index in [-0.39, 0.29) is 13.2 Å². The number of rotatable bonds is 6. The van der Waals surface area contributed by atoms with Gasteiger partial charge in [0, 0.05) is 25.5 Å². The lowest BCUT2D eigenvalue weighted by Gasteiger charge is -2.22. The van der Waals surface area contributed by atoms with Crippen LogP contribution in [0.2, 0.25) is 0 Å². The summed E-state index contributed by atoms with van der Waals surface area (Å²) >= 11 is 0. The lowest BCUT2D eigenvalue weighted by molar-refractivity contribution is 0.281. The quantitative estimate of drug-likeness (QED) is 0.377. The van der Waals surface area contributed by atoms with Crippen LogP contribution < -0.4 is 16.2 Å². The number of fused-ring (bicyclic) bond motifs is 1. The highest BCUT2D eigenvalue weighted by Crippen LogP contribution is 2.19. The van der Waals surface area contributed by atoms with Gasteiger partial charge in [-0.1, -0.05) is 0 Å². The first-order valence-electron chi connectivity index (χ1n) is 5.57. The fourth-order valence-corrected chi connectivity index (χ4v) is 1.76. The Bertz CT molecular complexity index is 508. The van der Waals surface area contributed by atoms with Crippen LogP contribution in [0.4, 0.5) is 11.6 Å². The number of nitrogens with zero attached hydrogens (tertiary/aromatic N) is 4. The van der Waals surface area contributed by atoms with Gasteiger partial charge in [-0.05, 0) is 0 Å². The zero-order valence-corrected chi connectivity index (χ0v) is 9.82. The second-order valence-electron chi connectivity index (χ2n) is 3.69. The summed E-state index contributed by atoms with van der Waals surface area (Å²) in [6, 6.07) is 0. The average molecular weight is 252 g/mol. The lowest BCUT2D eigenvalue weighted by atomic mass is 10.4. The maximum atomic E-state index is 9.06. The van der Waals surface area contributed by atoms with Crippen LogP contribution in [0.1, 0.15) is 0 Å². The van der Waals surface area contributed by atoms with Gasteiger partial charge in [0.15, 0.2) is 17.3 Å². The summed E-state index contributed by atoms with van der Waals surface area (Å²) in [4.78, 5) is 10.3. The van der Waals surface area contributed by atoms with Gasteiger partial charge in [-0.15, -0.1) is 0 Å². The van der Waals surface area contributed by atoms with E-state index in [1.807, 2.05) is 0 Å². The van der Waals surface area contributed by atoms with E-state index in [1.165, 1.54) is 0 Å². The Labute approximate surface area is 104 Å². The summed E-state index contributed by atoms with van der Waals surface area (Å²) in [7, 11) is 0. The highest BCUT2D eigenvalue weighted by Gasteiger charge is 2.14. The van der Waals surface area contributed by atoms with Crippen molar-refractivity contribution in [3.8, 4) is 0 Å². The Hall–Kier alpha value is -1.90. The van der Waals surface area contributed by atoms with Gasteiger partial charge < -0.3 is 24.9 Å². The molecule has 2 aromatic heterocycles. The van der Waals surface area contributed by atoms with Crippen molar-refractivity contribution in [3.05, 3.63) is 18.6 Å². The molecule has 2 aromatic rings. The Morgan fingerprint density at radius 3 is 2.67 bits per heavy atom. The van der Waals surface area contributed by atoms with Gasteiger partial charge >= 0.3 is 0 Å². The molecular formula is C10H16N6O2. The molecule has 0 amide bonds.